The van der Waals surface area contributed by atoms with Crippen molar-refractivity contribution in [1.82, 2.24) is 4.98 Å². The number of hydrogen-bond acceptors (Lipinski definition) is 3. The van der Waals surface area contributed by atoms with Crippen LogP contribution in [0.25, 0.3) is 0 Å². The minimum Gasteiger partial charge on any atom is -0.372 e. The highest BCUT2D eigenvalue weighted by Gasteiger charge is 2.15. The Hall–Kier alpha value is -2.07. The summed E-state index contributed by atoms with van der Waals surface area (Å²) in [5, 5.41) is 2.91. The van der Waals surface area contributed by atoms with Crippen LogP contribution < -0.4 is 10.2 Å². The Labute approximate surface area is 143 Å². The third-order valence-corrected chi connectivity index (χ3v) is 4.22. The monoisotopic (exact) mass is 331 g/mol. The first kappa shape index (κ1) is 17.3. The second-order valence-electron chi connectivity index (χ2n) is 5.91. The number of rotatable bonds is 3. The molecule has 0 unspecified atom stereocenters. The fraction of sp³-hybridized carbons (Fsp3) is 0.333. The smallest absolute Gasteiger partial charge is 0.255 e. The van der Waals surface area contributed by atoms with E-state index in [-0.39, 0.29) is 18.3 Å². The average molecular weight is 332 g/mol. The van der Waals surface area contributed by atoms with Crippen LogP contribution in [0.3, 0.4) is 0 Å². The van der Waals surface area contributed by atoms with Gasteiger partial charge in [0.2, 0.25) is 0 Å². The summed E-state index contributed by atoms with van der Waals surface area (Å²) in [6.45, 7) is 4.54. The molecule has 1 aromatic carbocycles. The second kappa shape index (κ2) is 7.97. The van der Waals surface area contributed by atoms with Gasteiger partial charge in [0.25, 0.3) is 5.91 Å². The Morgan fingerprint density at radius 1 is 1.09 bits per heavy atom. The van der Waals surface area contributed by atoms with Crippen LogP contribution >= 0.6 is 12.4 Å². The average Bonchev–Trinajstić information content (AvgIpc) is 2.57. The fourth-order valence-corrected chi connectivity index (χ4v) is 2.73. The van der Waals surface area contributed by atoms with E-state index in [1.54, 1.807) is 24.5 Å². The topological polar surface area (TPSA) is 45.2 Å². The van der Waals surface area contributed by atoms with Crippen molar-refractivity contribution in [3.63, 3.8) is 0 Å². The molecule has 23 heavy (non-hydrogen) atoms. The van der Waals surface area contributed by atoms with E-state index in [0.717, 1.165) is 24.7 Å². The maximum Gasteiger partial charge on any atom is 0.255 e. The first-order chi connectivity index (χ1) is 10.7. The zero-order valence-electron chi connectivity index (χ0n) is 13.2. The van der Waals surface area contributed by atoms with Crippen LogP contribution in [-0.2, 0) is 0 Å². The molecule has 3 rings (SSSR count). The zero-order chi connectivity index (χ0) is 15.4. The Morgan fingerprint density at radius 3 is 2.30 bits per heavy atom. The Balaban J connectivity index is 0.00000192. The molecule has 1 aliphatic heterocycles. The van der Waals surface area contributed by atoms with Gasteiger partial charge in [0, 0.05) is 42.4 Å². The van der Waals surface area contributed by atoms with E-state index in [1.807, 2.05) is 12.1 Å². The Kier molecular flexibility index (Phi) is 5.99. The number of nitrogens with zero attached hydrogens (tertiary/aromatic N) is 2. The van der Waals surface area contributed by atoms with Crippen molar-refractivity contribution in [1.29, 1.82) is 0 Å². The minimum atomic E-state index is -0.109. The van der Waals surface area contributed by atoms with Gasteiger partial charge in [0.15, 0.2) is 0 Å². The lowest BCUT2D eigenvalue weighted by Gasteiger charge is -2.32. The maximum absolute atomic E-state index is 12.1. The summed E-state index contributed by atoms with van der Waals surface area (Å²) in [6.07, 6.45) is 5.74. The van der Waals surface area contributed by atoms with Crippen molar-refractivity contribution in [2.45, 2.75) is 19.8 Å². The number of nitrogens with one attached hydrogen (secondary N) is 1. The Morgan fingerprint density at radius 2 is 1.70 bits per heavy atom. The number of pyridine rings is 1. The molecule has 2 aromatic rings. The molecule has 122 valence electrons. The quantitative estimate of drug-likeness (QED) is 0.924. The van der Waals surface area contributed by atoms with Gasteiger partial charge in [-0.1, -0.05) is 6.92 Å². The van der Waals surface area contributed by atoms with Crippen LogP contribution in [0.4, 0.5) is 11.4 Å². The number of amides is 1. The van der Waals surface area contributed by atoms with Crippen LogP contribution in [0.5, 0.6) is 0 Å². The summed E-state index contributed by atoms with van der Waals surface area (Å²) in [5.41, 5.74) is 2.66. The molecule has 5 heteroatoms. The molecule has 0 spiro atoms. The zero-order valence-corrected chi connectivity index (χ0v) is 14.1. The molecule has 1 aliphatic rings. The number of hydrogen-bond donors (Lipinski definition) is 1. The van der Waals surface area contributed by atoms with E-state index >= 15 is 0 Å². The molecule has 1 N–H and O–H groups in total. The van der Waals surface area contributed by atoms with Gasteiger partial charge in [-0.15, -0.1) is 12.4 Å². The number of anilines is 2. The molecule has 1 amide bonds. The number of piperidine rings is 1. The number of carbonyl (C=O) groups excluding carboxylic acids is 1. The van der Waals surface area contributed by atoms with Gasteiger partial charge in [0.05, 0.1) is 0 Å². The van der Waals surface area contributed by atoms with Gasteiger partial charge < -0.3 is 10.2 Å². The van der Waals surface area contributed by atoms with E-state index in [9.17, 15) is 4.79 Å². The van der Waals surface area contributed by atoms with Gasteiger partial charge >= 0.3 is 0 Å². The molecule has 0 atom stereocenters. The first-order valence-electron chi connectivity index (χ1n) is 7.79. The van der Waals surface area contributed by atoms with E-state index in [4.69, 9.17) is 0 Å². The molecule has 1 fully saturated rings. The van der Waals surface area contributed by atoms with Gasteiger partial charge in [-0.3, -0.25) is 9.78 Å². The normalized spacial score (nSPS) is 14.9. The highest BCUT2D eigenvalue weighted by Crippen LogP contribution is 2.24. The molecule has 2 heterocycles. The molecule has 1 saturated heterocycles. The third kappa shape index (κ3) is 4.45. The van der Waals surface area contributed by atoms with Crippen LogP contribution in [0.2, 0.25) is 0 Å². The van der Waals surface area contributed by atoms with Crippen LogP contribution in [0.1, 0.15) is 30.1 Å². The maximum atomic E-state index is 12.1. The van der Waals surface area contributed by atoms with E-state index in [1.165, 1.54) is 18.5 Å². The van der Waals surface area contributed by atoms with Crippen LogP contribution in [0, 0.1) is 5.92 Å². The van der Waals surface area contributed by atoms with Crippen molar-refractivity contribution >= 4 is 29.7 Å². The summed E-state index contributed by atoms with van der Waals surface area (Å²) < 4.78 is 0. The van der Waals surface area contributed by atoms with Gasteiger partial charge in [-0.2, -0.15) is 0 Å². The summed E-state index contributed by atoms with van der Waals surface area (Å²) in [6, 6.07) is 11.5. The molecular formula is C18H22ClN3O. The minimum absolute atomic E-state index is 0. The largest absolute Gasteiger partial charge is 0.372 e. The number of halogens is 1. The third-order valence-electron chi connectivity index (χ3n) is 4.22. The standard InChI is InChI=1S/C18H21N3O.ClH/c1-14-8-12-21(13-9-14)17-4-2-16(3-5-17)20-18(22)15-6-10-19-11-7-15;/h2-7,10-11,14H,8-9,12-13H2,1H3,(H,20,22);1H. The van der Waals surface area contributed by atoms with Crippen LogP contribution in [0.15, 0.2) is 48.8 Å². The van der Waals surface area contributed by atoms with E-state index in [0.29, 0.717) is 5.56 Å². The predicted molar refractivity (Wildman–Crippen MR) is 96.5 cm³/mol. The summed E-state index contributed by atoms with van der Waals surface area (Å²) in [4.78, 5) is 18.4. The number of carbonyl (C=O) groups is 1. The molecule has 0 aliphatic carbocycles. The molecule has 1 aromatic heterocycles. The fourth-order valence-electron chi connectivity index (χ4n) is 2.73. The molecule has 0 saturated carbocycles. The van der Waals surface area contributed by atoms with E-state index < -0.39 is 0 Å². The molecule has 0 radical (unpaired) electrons. The number of benzene rings is 1. The summed E-state index contributed by atoms with van der Waals surface area (Å²) >= 11 is 0. The highest BCUT2D eigenvalue weighted by molar-refractivity contribution is 6.04. The van der Waals surface area contributed by atoms with Crippen molar-refractivity contribution in [3.8, 4) is 0 Å². The van der Waals surface area contributed by atoms with Gasteiger partial charge in [-0.05, 0) is 55.2 Å². The van der Waals surface area contributed by atoms with Crippen molar-refractivity contribution in [2.24, 2.45) is 5.92 Å². The lowest BCUT2D eigenvalue weighted by molar-refractivity contribution is 0.102. The van der Waals surface area contributed by atoms with Crippen molar-refractivity contribution in [3.05, 3.63) is 54.4 Å². The number of aromatic nitrogens is 1. The lowest BCUT2D eigenvalue weighted by atomic mass is 9.99. The lowest BCUT2D eigenvalue weighted by Crippen LogP contribution is -2.32. The highest BCUT2D eigenvalue weighted by atomic mass is 35.5. The molecule has 4 nitrogen and oxygen atoms in total. The molecular weight excluding hydrogens is 310 g/mol. The van der Waals surface area contributed by atoms with Crippen molar-refractivity contribution < 1.29 is 4.79 Å². The first-order valence-corrected chi connectivity index (χ1v) is 7.79. The second-order valence-corrected chi connectivity index (χ2v) is 5.91. The van der Waals surface area contributed by atoms with Gasteiger partial charge in [-0.25, -0.2) is 0 Å². The van der Waals surface area contributed by atoms with Gasteiger partial charge in [0.1, 0.15) is 0 Å². The van der Waals surface area contributed by atoms with Crippen LogP contribution in [-0.4, -0.2) is 24.0 Å². The molecule has 0 bridgehead atoms. The summed E-state index contributed by atoms with van der Waals surface area (Å²) in [5.74, 6) is 0.720. The predicted octanol–water partition coefficient (Wildman–Crippen LogP) is 3.99. The van der Waals surface area contributed by atoms with E-state index in [2.05, 4.69) is 34.3 Å². The van der Waals surface area contributed by atoms with Crippen molar-refractivity contribution in [2.75, 3.05) is 23.3 Å². The SMILES string of the molecule is CC1CCN(c2ccc(NC(=O)c3ccncc3)cc2)CC1.Cl. The Bertz CT molecular complexity index is 622. The summed E-state index contributed by atoms with van der Waals surface area (Å²) in [7, 11) is 0.